The largest absolute Gasteiger partial charge is 0.396 e. The molecule has 3 nitrogen and oxygen atoms in total. The minimum atomic E-state index is 0.325. The standard InChI is InChI=1S/C10H20N2OS/c11-10(14)2-1-5-12-6-3-9(8-12)4-7-13/h9,13H,1-8H2,(H2,11,14). The van der Waals surface area contributed by atoms with Gasteiger partial charge in [0.25, 0.3) is 0 Å². The van der Waals surface area contributed by atoms with Crippen molar-refractivity contribution in [1.29, 1.82) is 0 Å². The molecule has 1 aliphatic heterocycles. The van der Waals surface area contributed by atoms with Gasteiger partial charge in [0, 0.05) is 13.2 Å². The minimum Gasteiger partial charge on any atom is -0.396 e. The molecule has 1 rings (SSSR count). The van der Waals surface area contributed by atoms with E-state index in [1.54, 1.807) is 0 Å². The van der Waals surface area contributed by atoms with Crippen molar-refractivity contribution in [1.82, 2.24) is 4.90 Å². The maximum absolute atomic E-state index is 8.81. The van der Waals surface area contributed by atoms with Gasteiger partial charge in [-0.1, -0.05) is 12.2 Å². The van der Waals surface area contributed by atoms with Crippen molar-refractivity contribution in [2.75, 3.05) is 26.2 Å². The van der Waals surface area contributed by atoms with E-state index in [9.17, 15) is 0 Å². The van der Waals surface area contributed by atoms with Gasteiger partial charge in [-0.3, -0.25) is 0 Å². The van der Waals surface area contributed by atoms with Crippen molar-refractivity contribution in [2.45, 2.75) is 25.7 Å². The van der Waals surface area contributed by atoms with Gasteiger partial charge in [-0.15, -0.1) is 0 Å². The van der Waals surface area contributed by atoms with Gasteiger partial charge in [0.2, 0.25) is 0 Å². The van der Waals surface area contributed by atoms with E-state index in [-0.39, 0.29) is 0 Å². The molecule has 3 N–H and O–H groups in total. The molecule has 82 valence electrons. The fraction of sp³-hybridized carbons (Fsp3) is 0.900. The predicted molar refractivity (Wildman–Crippen MR) is 62.3 cm³/mol. The normalized spacial score (nSPS) is 22.8. The highest BCUT2D eigenvalue weighted by Crippen LogP contribution is 2.19. The van der Waals surface area contributed by atoms with Crippen LogP contribution >= 0.6 is 12.2 Å². The second-order valence-corrected chi connectivity index (χ2v) is 4.56. The van der Waals surface area contributed by atoms with E-state index in [1.165, 1.54) is 13.0 Å². The third-order valence-electron chi connectivity index (χ3n) is 2.80. The molecule has 1 saturated heterocycles. The zero-order chi connectivity index (χ0) is 10.4. The number of hydrogen-bond donors (Lipinski definition) is 2. The zero-order valence-corrected chi connectivity index (χ0v) is 9.43. The molecule has 4 heteroatoms. The summed E-state index contributed by atoms with van der Waals surface area (Å²) < 4.78 is 0. The first-order valence-electron chi connectivity index (χ1n) is 5.34. The number of rotatable bonds is 6. The van der Waals surface area contributed by atoms with Crippen molar-refractivity contribution in [3.8, 4) is 0 Å². The Morgan fingerprint density at radius 3 is 3.00 bits per heavy atom. The molecule has 0 aliphatic carbocycles. The smallest absolute Gasteiger partial charge is 0.0727 e. The maximum atomic E-state index is 8.81. The molecule has 0 aromatic heterocycles. The molecule has 1 fully saturated rings. The van der Waals surface area contributed by atoms with E-state index >= 15 is 0 Å². The molecule has 0 saturated carbocycles. The Labute approximate surface area is 91.3 Å². The van der Waals surface area contributed by atoms with Crippen LogP contribution in [0.4, 0.5) is 0 Å². The van der Waals surface area contributed by atoms with E-state index < -0.39 is 0 Å². The van der Waals surface area contributed by atoms with Gasteiger partial charge >= 0.3 is 0 Å². The Hall–Kier alpha value is -0.190. The molecule has 0 spiro atoms. The first-order valence-corrected chi connectivity index (χ1v) is 5.74. The Kier molecular flexibility index (Phi) is 5.37. The van der Waals surface area contributed by atoms with Crippen LogP contribution in [0.3, 0.4) is 0 Å². The van der Waals surface area contributed by atoms with Crippen molar-refractivity contribution < 1.29 is 5.11 Å². The maximum Gasteiger partial charge on any atom is 0.0727 e. The Balaban J connectivity index is 2.07. The average molecular weight is 216 g/mol. The summed E-state index contributed by atoms with van der Waals surface area (Å²) >= 11 is 4.83. The summed E-state index contributed by atoms with van der Waals surface area (Å²) in [5.74, 6) is 0.699. The molecule has 0 aromatic carbocycles. The number of thiocarbonyl (C=S) groups is 1. The van der Waals surface area contributed by atoms with Crippen LogP contribution in [0.15, 0.2) is 0 Å². The molecule has 1 aliphatic rings. The van der Waals surface area contributed by atoms with Crippen LogP contribution < -0.4 is 5.73 Å². The summed E-state index contributed by atoms with van der Waals surface area (Å²) in [7, 11) is 0. The molecule has 0 aromatic rings. The summed E-state index contributed by atoms with van der Waals surface area (Å²) in [4.78, 5) is 3.06. The third kappa shape index (κ3) is 4.35. The van der Waals surface area contributed by atoms with Crippen molar-refractivity contribution in [3.05, 3.63) is 0 Å². The van der Waals surface area contributed by atoms with E-state index in [2.05, 4.69) is 4.90 Å². The van der Waals surface area contributed by atoms with Gasteiger partial charge in [0.1, 0.15) is 0 Å². The van der Waals surface area contributed by atoms with Crippen LogP contribution in [0.2, 0.25) is 0 Å². The molecule has 1 atom stereocenters. The molecule has 14 heavy (non-hydrogen) atoms. The van der Waals surface area contributed by atoms with Gasteiger partial charge in [0.05, 0.1) is 4.99 Å². The topological polar surface area (TPSA) is 49.5 Å². The third-order valence-corrected chi connectivity index (χ3v) is 3.01. The van der Waals surface area contributed by atoms with E-state index in [4.69, 9.17) is 23.1 Å². The quantitative estimate of drug-likeness (QED) is 0.644. The van der Waals surface area contributed by atoms with Crippen molar-refractivity contribution in [2.24, 2.45) is 11.7 Å². The summed E-state index contributed by atoms with van der Waals surface area (Å²) in [6, 6.07) is 0. The van der Waals surface area contributed by atoms with E-state index in [0.717, 1.165) is 32.4 Å². The number of likely N-dealkylation sites (tertiary alicyclic amines) is 1. The summed E-state index contributed by atoms with van der Waals surface area (Å²) in [6.45, 7) is 3.73. The monoisotopic (exact) mass is 216 g/mol. The first-order chi connectivity index (χ1) is 6.72. The highest BCUT2D eigenvalue weighted by molar-refractivity contribution is 7.80. The molecule has 1 unspecified atom stereocenters. The highest BCUT2D eigenvalue weighted by atomic mass is 32.1. The van der Waals surface area contributed by atoms with Gasteiger partial charge in [-0.2, -0.15) is 0 Å². The lowest BCUT2D eigenvalue weighted by Crippen LogP contribution is -2.23. The molecule has 0 amide bonds. The molecule has 0 bridgehead atoms. The number of hydrogen-bond acceptors (Lipinski definition) is 3. The van der Waals surface area contributed by atoms with Gasteiger partial charge in [0.15, 0.2) is 0 Å². The van der Waals surface area contributed by atoms with E-state index in [0.29, 0.717) is 17.5 Å². The van der Waals surface area contributed by atoms with Gasteiger partial charge in [-0.05, 0) is 44.7 Å². The van der Waals surface area contributed by atoms with E-state index in [1.807, 2.05) is 0 Å². The predicted octanol–water partition coefficient (Wildman–Crippen LogP) is 0.757. The lowest BCUT2D eigenvalue weighted by Gasteiger charge is -2.15. The molecular formula is C10H20N2OS. The molecule has 1 heterocycles. The second kappa shape index (κ2) is 6.32. The lowest BCUT2D eigenvalue weighted by molar-refractivity contribution is 0.250. The summed E-state index contributed by atoms with van der Waals surface area (Å²) in [6.07, 6.45) is 4.11. The van der Waals surface area contributed by atoms with Crippen LogP contribution in [0, 0.1) is 5.92 Å². The summed E-state index contributed by atoms with van der Waals surface area (Å²) in [5, 5.41) is 8.81. The molecular weight excluding hydrogens is 196 g/mol. The number of nitrogens with zero attached hydrogens (tertiary/aromatic N) is 1. The van der Waals surface area contributed by atoms with Crippen LogP contribution in [0.25, 0.3) is 0 Å². The van der Waals surface area contributed by atoms with Crippen LogP contribution in [-0.2, 0) is 0 Å². The van der Waals surface area contributed by atoms with Crippen LogP contribution in [0.1, 0.15) is 25.7 Å². The van der Waals surface area contributed by atoms with Crippen molar-refractivity contribution in [3.63, 3.8) is 0 Å². The zero-order valence-electron chi connectivity index (χ0n) is 8.61. The Morgan fingerprint density at radius 2 is 2.36 bits per heavy atom. The summed E-state index contributed by atoms with van der Waals surface area (Å²) in [5.41, 5.74) is 5.43. The lowest BCUT2D eigenvalue weighted by atomic mass is 10.1. The van der Waals surface area contributed by atoms with Crippen molar-refractivity contribution >= 4 is 17.2 Å². The minimum absolute atomic E-state index is 0.325. The SMILES string of the molecule is NC(=S)CCCN1CCC(CCO)C1. The van der Waals surface area contributed by atoms with Crippen LogP contribution in [-0.4, -0.2) is 41.2 Å². The fourth-order valence-electron chi connectivity index (χ4n) is 2.01. The Bertz CT molecular complexity index is 187. The van der Waals surface area contributed by atoms with Gasteiger partial charge in [-0.25, -0.2) is 0 Å². The Morgan fingerprint density at radius 1 is 1.57 bits per heavy atom. The number of aliphatic hydroxyl groups is 1. The van der Waals surface area contributed by atoms with Crippen LogP contribution in [0.5, 0.6) is 0 Å². The average Bonchev–Trinajstić information content (AvgIpc) is 2.53. The number of aliphatic hydroxyl groups excluding tert-OH is 1. The number of nitrogens with two attached hydrogens (primary N) is 1. The first kappa shape index (κ1) is 11.9. The molecule has 0 radical (unpaired) electrons. The second-order valence-electron chi connectivity index (χ2n) is 4.04. The fourth-order valence-corrected chi connectivity index (χ4v) is 2.16. The van der Waals surface area contributed by atoms with Gasteiger partial charge < -0.3 is 15.7 Å². The highest BCUT2D eigenvalue weighted by Gasteiger charge is 2.20.